The van der Waals surface area contributed by atoms with Crippen molar-refractivity contribution < 1.29 is 19.0 Å². The molecule has 8 heteroatoms. The van der Waals surface area contributed by atoms with E-state index in [1.165, 1.54) is 16.9 Å². The van der Waals surface area contributed by atoms with Crippen molar-refractivity contribution >= 4 is 17.4 Å². The van der Waals surface area contributed by atoms with Crippen molar-refractivity contribution in [2.75, 3.05) is 18.5 Å². The molecule has 94 valence electrons. The molecule has 0 radical (unpaired) electrons. The quantitative estimate of drug-likeness (QED) is 0.771. The lowest BCUT2D eigenvalue weighted by atomic mass is 10.3. The average molecular weight is 252 g/mol. The minimum Gasteiger partial charge on any atom is -0.485 e. The number of halogens is 1. The van der Waals surface area contributed by atoms with Crippen LogP contribution in [-0.4, -0.2) is 45.0 Å². The zero-order valence-electron chi connectivity index (χ0n) is 9.13. The molecule has 0 saturated heterocycles. The first-order chi connectivity index (χ1) is 8.65. The van der Waals surface area contributed by atoms with Gasteiger partial charge in [0.05, 0.1) is 18.9 Å². The number of aromatic carboxylic acids is 1. The predicted octanol–water partition coefficient (Wildman–Crippen LogP) is 0.570. The number of carboxylic acid groups (broad SMARTS) is 1. The maximum absolute atomic E-state index is 13.2. The molecular formula is C10H9FN4O3. The second kappa shape index (κ2) is 3.83. The summed E-state index contributed by atoms with van der Waals surface area (Å²) in [5, 5.41) is 15.6. The van der Waals surface area contributed by atoms with E-state index in [9.17, 15) is 9.18 Å². The maximum Gasteiger partial charge on any atom is 0.341 e. The topological polar surface area (TPSA) is 88.8 Å². The third-order valence-electron chi connectivity index (χ3n) is 2.60. The van der Waals surface area contributed by atoms with E-state index in [0.29, 0.717) is 11.6 Å². The van der Waals surface area contributed by atoms with E-state index in [1.54, 1.807) is 0 Å². The van der Waals surface area contributed by atoms with Gasteiger partial charge in [-0.05, 0) is 0 Å². The first-order valence-electron chi connectivity index (χ1n) is 5.27. The fraction of sp³-hybridized carbons (Fsp3) is 0.300. The van der Waals surface area contributed by atoms with Gasteiger partial charge in [-0.3, -0.25) is 0 Å². The Labute approximate surface area is 100 Å². The molecule has 0 bridgehead atoms. The van der Waals surface area contributed by atoms with Crippen LogP contribution in [-0.2, 0) is 0 Å². The monoisotopic (exact) mass is 252 g/mol. The molecule has 18 heavy (non-hydrogen) atoms. The van der Waals surface area contributed by atoms with Crippen LogP contribution in [0.5, 0.6) is 5.75 Å². The van der Waals surface area contributed by atoms with Crippen molar-refractivity contribution in [3.63, 3.8) is 0 Å². The van der Waals surface area contributed by atoms with Crippen LogP contribution >= 0.6 is 0 Å². The number of fused-ring (bicyclic) bond motifs is 2. The zero-order chi connectivity index (χ0) is 12.7. The Bertz CT molecular complexity index is 627. The molecule has 0 unspecified atom stereocenters. The fourth-order valence-electron chi connectivity index (χ4n) is 1.72. The second-order valence-electron chi connectivity index (χ2n) is 3.87. The van der Waals surface area contributed by atoms with Crippen LogP contribution in [0.15, 0.2) is 12.4 Å². The van der Waals surface area contributed by atoms with Gasteiger partial charge in [0.2, 0.25) is 0 Å². The highest BCUT2D eigenvalue weighted by molar-refractivity contribution is 5.94. The van der Waals surface area contributed by atoms with Crippen LogP contribution < -0.4 is 10.1 Å². The van der Waals surface area contributed by atoms with Gasteiger partial charge in [0, 0.05) is 0 Å². The Balaban J connectivity index is 2.14. The highest BCUT2D eigenvalue weighted by Gasteiger charge is 2.20. The van der Waals surface area contributed by atoms with Crippen molar-refractivity contribution in [3.8, 4) is 5.75 Å². The second-order valence-corrected chi connectivity index (χ2v) is 3.87. The fourth-order valence-corrected chi connectivity index (χ4v) is 1.72. The van der Waals surface area contributed by atoms with Gasteiger partial charge in [-0.2, -0.15) is 5.10 Å². The number of carbonyl (C=O) groups is 1. The molecule has 1 aliphatic heterocycles. The molecule has 1 atom stereocenters. The van der Waals surface area contributed by atoms with Gasteiger partial charge >= 0.3 is 5.97 Å². The molecule has 3 rings (SSSR count). The number of nitrogens with zero attached hydrogens (tertiary/aromatic N) is 3. The summed E-state index contributed by atoms with van der Waals surface area (Å²) in [5.41, 5.74) is 0.176. The molecule has 0 saturated carbocycles. The average Bonchev–Trinajstić information content (AvgIpc) is 2.66. The molecule has 1 aliphatic rings. The van der Waals surface area contributed by atoms with E-state index in [4.69, 9.17) is 9.84 Å². The van der Waals surface area contributed by atoms with Crippen molar-refractivity contribution in [1.29, 1.82) is 0 Å². The Hall–Kier alpha value is -2.38. The van der Waals surface area contributed by atoms with Gasteiger partial charge in [0.25, 0.3) is 0 Å². The molecular weight excluding hydrogens is 243 g/mol. The number of alkyl halides is 1. The lowest BCUT2D eigenvalue weighted by Gasteiger charge is -2.06. The van der Waals surface area contributed by atoms with Crippen LogP contribution in [0.1, 0.15) is 10.4 Å². The van der Waals surface area contributed by atoms with E-state index in [-0.39, 0.29) is 24.4 Å². The summed E-state index contributed by atoms with van der Waals surface area (Å²) >= 11 is 0. The Morgan fingerprint density at radius 1 is 1.67 bits per heavy atom. The van der Waals surface area contributed by atoms with Crippen molar-refractivity contribution in [1.82, 2.24) is 14.6 Å². The zero-order valence-corrected chi connectivity index (χ0v) is 9.13. The Kier molecular flexibility index (Phi) is 2.29. The number of hydrogen-bond acceptors (Lipinski definition) is 5. The van der Waals surface area contributed by atoms with Gasteiger partial charge in [-0.15, -0.1) is 0 Å². The standard InChI is InChI=1S/C10H9FN4O3/c11-5-1-12-8-7(18-4-5)3-15-9(14-8)6(2-13-15)10(16)17/h2-3,5H,1,4H2,(H,12,14)(H,16,17)/t5-/m1/s1. The number of hydrogen-bond donors (Lipinski definition) is 2. The number of aromatic nitrogens is 3. The largest absolute Gasteiger partial charge is 0.485 e. The lowest BCUT2D eigenvalue weighted by Crippen LogP contribution is -2.18. The molecule has 0 aliphatic carbocycles. The van der Waals surface area contributed by atoms with Gasteiger partial charge in [-0.25, -0.2) is 18.7 Å². The highest BCUT2D eigenvalue weighted by Crippen LogP contribution is 2.26. The van der Waals surface area contributed by atoms with E-state index < -0.39 is 12.1 Å². The minimum absolute atomic E-state index is 0.0133. The summed E-state index contributed by atoms with van der Waals surface area (Å²) in [6.07, 6.45) is 1.56. The number of carboxylic acids is 1. The van der Waals surface area contributed by atoms with Gasteiger partial charge < -0.3 is 15.2 Å². The summed E-state index contributed by atoms with van der Waals surface area (Å²) in [5.74, 6) is -0.441. The van der Waals surface area contributed by atoms with Crippen LogP contribution in [0.25, 0.3) is 5.65 Å². The molecule has 2 N–H and O–H groups in total. The van der Waals surface area contributed by atoms with E-state index >= 15 is 0 Å². The number of ether oxygens (including phenoxy) is 1. The van der Waals surface area contributed by atoms with E-state index in [2.05, 4.69) is 15.4 Å². The minimum atomic E-state index is -1.13. The predicted molar refractivity (Wildman–Crippen MR) is 58.8 cm³/mol. The molecule has 2 aromatic rings. The summed E-state index contributed by atoms with van der Waals surface area (Å²) in [6, 6.07) is 0. The van der Waals surface area contributed by atoms with Crippen LogP contribution in [0.3, 0.4) is 0 Å². The highest BCUT2D eigenvalue weighted by atomic mass is 19.1. The van der Waals surface area contributed by atoms with Crippen LogP contribution in [0, 0.1) is 0 Å². The van der Waals surface area contributed by atoms with Crippen LogP contribution in [0.4, 0.5) is 10.2 Å². The molecule has 0 spiro atoms. The lowest BCUT2D eigenvalue weighted by molar-refractivity contribution is 0.0698. The smallest absolute Gasteiger partial charge is 0.341 e. The van der Waals surface area contributed by atoms with Crippen LogP contribution in [0.2, 0.25) is 0 Å². The third-order valence-corrected chi connectivity index (χ3v) is 2.60. The Morgan fingerprint density at radius 3 is 3.28 bits per heavy atom. The summed E-state index contributed by atoms with van der Waals surface area (Å²) < 4.78 is 19.7. The SMILES string of the molecule is O=C(O)c1cnn2cc3c(nc12)NC[C@@H](F)CO3. The summed E-state index contributed by atoms with van der Waals surface area (Å²) in [4.78, 5) is 15.1. The van der Waals surface area contributed by atoms with E-state index in [0.717, 1.165) is 0 Å². The molecule has 0 amide bonds. The van der Waals surface area contributed by atoms with E-state index in [1.807, 2.05) is 0 Å². The maximum atomic E-state index is 13.2. The number of rotatable bonds is 1. The third kappa shape index (κ3) is 1.62. The van der Waals surface area contributed by atoms with Crippen molar-refractivity contribution in [2.24, 2.45) is 0 Å². The number of anilines is 1. The van der Waals surface area contributed by atoms with Gasteiger partial charge in [0.1, 0.15) is 12.2 Å². The molecule has 0 fully saturated rings. The summed E-state index contributed by atoms with van der Waals surface area (Å²) in [7, 11) is 0. The summed E-state index contributed by atoms with van der Waals surface area (Å²) in [6.45, 7) is 0.00690. The van der Waals surface area contributed by atoms with Gasteiger partial charge in [-0.1, -0.05) is 0 Å². The molecule has 0 aromatic carbocycles. The Morgan fingerprint density at radius 2 is 2.50 bits per heavy atom. The molecule has 7 nitrogen and oxygen atoms in total. The van der Waals surface area contributed by atoms with Crippen molar-refractivity contribution in [3.05, 3.63) is 18.0 Å². The molecule has 3 heterocycles. The van der Waals surface area contributed by atoms with Gasteiger partial charge in [0.15, 0.2) is 23.4 Å². The number of nitrogens with one attached hydrogen (secondary N) is 1. The first kappa shape index (κ1) is 10.8. The molecule has 2 aromatic heterocycles. The first-order valence-corrected chi connectivity index (χ1v) is 5.27. The van der Waals surface area contributed by atoms with Crippen molar-refractivity contribution in [2.45, 2.75) is 6.17 Å². The normalized spacial score (nSPS) is 18.6.